The summed E-state index contributed by atoms with van der Waals surface area (Å²) in [7, 11) is 0. The molecule has 0 saturated carbocycles. The van der Waals surface area contributed by atoms with Crippen molar-refractivity contribution >= 4 is 0 Å². The van der Waals surface area contributed by atoms with E-state index in [-0.39, 0.29) is 13.2 Å². The van der Waals surface area contributed by atoms with Crippen LogP contribution >= 0.6 is 0 Å². The first-order valence-corrected chi connectivity index (χ1v) is 4.02. The van der Waals surface area contributed by atoms with E-state index < -0.39 is 0 Å². The molecule has 0 aliphatic rings. The Morgan fingerprint density at radius 2 is 2.15 bits per heavy atom. The first-order valence-electron chi connectivity index (χ1n) is 4.02. The molecule has 0 amide bonds. The van der Waals surface area contributed by atoms with Crippen LogP contribution in [0.2, 0.25) is 0 Å². The molecule has 0 bridgehead atoms. The van der Waals surface area contributed by atoms with Crippen LogP contribution in [-0.4, -0.2) is 33.4 Å². The molecular weight excluding hydrogens is 172 g/mol. The van der Waals surface area contributed by atoms with Crippen molar-refractivity contribution in [2.45, 2.75) is 13.0 Å². The van der Waals surface area contributed by atoms with Crippen molar-refractivity contribution in [2.24, 2.45) is 0 Å². The summed E-state index contributed by atoms with van der Waals surface area (Å²) in [5, 5.41) is 17.2. The van der Waals surface area contributed by atoms with Crippen molar-refractivity contribution in [3.05, 3.63) is 18.1 Å². The van der Waals surface area contributed by atoms with E-state index >= 15 is 0 Å². The summed E-state index contributed by atoms with van der Waals surface area (Å²) >= 11 is 0. The molecule has 0 atom stereocenters. The smallest absolute Gasteiger partial charge is 0.232 e. The molecule has 2 N–H and O–H groups in total. The Labute approximate surface area is 76.0 Å². The lowest BCUT2D eigenvalue weighted by atomic mass is 10.5. The Bertz CT molecular complexity index is 255. The van der Waals surface area contributed by atoms with E-state index in [1.165, 1.54) is 12.4 Å². The number of hydrogen-bond donors (Lipinski definition) is 2. The number of aliphatic hydroxyl groups excluding tert-OH is 2. The minimum Gasteiger partial charge on any atom is -0.476 e. The third-order valence-corrected chi connectivity index (χ3v) is 1.38. The Morgan fingerprint density at radius 3 is 2.85 bits per heavy atom. The molecule has 0 fully saturated rings. The average molecular weight is 184 g/mol. The quantitative estimate of drug-likeness (QED) is 0.616. The molecule has 0 radical (unpaired) electrons. The summed E-state index contributed by atoms with van der Waals surface area (Å²) in [6.07, 6.45) is 3.50. The van der Waals surface area contributed by atoms with E-state index in [0.717, 1.165) is 0 Å². The minimum atomic E-state index is -0.149. The van der Waals surface area contributed by atoms with Crippen LogP contribution in [0.25, 0.3) is 0 Å². The van der Waals surface area contributed by atoms with E-state index in [1.807, 2.05) is 0 Å². The Hall–Kier alpha value is -1.20. The number of ether oxygens (including phenoxy) is 1. The minimum absolute atomic E-state index is 0.0904. The van der Waals surface area contributed by atoms with Crippen molar-refractivity contribution in [1.29, 1.82) is 0 Å². The van der Waals surface area contributed by atoms with Gasteiger partial charge in [0.2, 0.25) is 5.88 Å². The van der Waals surface area contributed by atoms with Gasteiger partial charge in [-0.15, -0.1) is 0 Å². The first kappa shape index (κ1) is 9.88. The molecule has 5 heteroatoms. The van der Waals surface area contributed by atoms with E-state index in [2.05, 4.69) is 9.97 Å². The summed E-state index contributed by atoms with van der Waals surface area (Å²) in [4.78, 5) is 7.77. The molecule has 1 rings (SSSR count). The maximum atomic E-state index is 8.74. The molecule has 0 saturated heterocycles. The molecule has 0 spiro atoms. The number of nitrogens with zero attached hydrogens (tertiary/aromatic N) is 2. The molecule has 0 aliphatic heterocycles. The summed E-state index contributed by atoms with van der Waals surface area (Å²) in [6.45, 7) is 0.345. The highest BCUT2D eigenvalue weighted by atomic mass is 16.5. The third kappa shape index (κ3) is 3.35. The third-order valence-electron chi connectivity index (χ3n) is 1.38. The molecule has 72 valence electrons. The highest BCUT2D eigenvalue weighted by Crippen LogP contribution is 2.04. The van der Waals surface area contributed by atoms with Crippen LogP contribution in [0.15, 0.2) is 12.4 Å². The van der Waals surface area contributed by atoms with Crippen LogP contribution in [0.3, 0.4) is 0 Å². The van der Waals surface area contributed by atoms with Crippen molar-refractivity contribution in [3.63, 3.8) is 0 Å². The number of aliphatic hydroxyl groups is 2. The van der Waals surface area contributed by atoms with Crippen molar-refractivity contribution in [2.75, 3.05) is 13.2 Å². The molecule has 13 heavy (non-hydrogen) atoms. The van der Waals surface area contributed by atoms with Gasteiger partial charge in [0.1, 0.15) is 0 Å². The van der Waals surface area contributed by atoms with Gasteiger partial charge >= 0.3 is 0 Å². The second-order valence-corrected chi connectivity index (χ2v) is 2.43. The van der Waals surface area contributed by atoms with Crippen molar-refractivity contribution in [3.8, 4) is 5.88 Å². The highest BCUT2D eigenvalue weighted by Gasteiger charge is 1.97. The SMILES string of the molecule is OCCCOc1cncc(CO)n1. The van der Waals surface area contributed by atoms with Gasteiger partial charge in [0.25, 0.3) is 0 Å². The molecule has 0 aromatic carbocycles. The van der Waals surface area contributed by atoms with Crippen LogP contribution in [0.5, 0.6) is 5.88 Å². The van der Waals surface area contributed by atoms with Crippen molar-refractivity contribution in [1.82, 2.24) is 9.97 Å². The largest absolute Gasteiger partial charge is 0.476 e. The first-order chi connectivity index (χ1) is 6.36. The average Bonchev–Trinajstić information content (AvgIpc) is 2.19. The Kier molecular flexibility index (Phi) is 4.14. The van der Waals surface area contributed by atoms with Gasteiger partial charge in [0.05, 0.1) is 31.3 Å². The lowest BCUT2D eigenvalue weighted by Gasteiger charge is -2.03. The summed E-state index contributed by atoms with van der Waals surface area (Å²) in [5.74, 6) is 0.375. The number of rotatable bonds is 5. The second-order valence-electron chi connectivity index (χ2n) is 2.43. The topological polar surface area (TPSA) is 75.5 Å². The molecule has 1 aromatic heterocycles. The van der Waals surface area contributed by atoms with Crippen LogP contribution in [0.4, 0.5) is 0 Å². The zero-order valence-electron chi connectivity index (χ0n) is 7.18. The van der Waals surface area contributed by atoms with Gasteiger partial charge in [-0.05, 0) is 0 Å². The normalized spacial score (nSPS) is 10.0. The van der Waals surface area contributed by atoms with Gasteiger partial charge in [0.15, 0.2) is 0 Å². The molecule has 0 aliphatic carbocycles. The van der Waals surface area contributed by atoms with Gasteiger partial charge in [-0.3, -0.25) is 4.98 Å². The van der Waals surface area contributed by atoms with E-state index in [1.54, 1.807) is 0 Å². The molecule has 5 nitrogen and oxygen atoms in total. The maximum Gasteiger partial charge on any atom is 0.232 e. The van der Waals surface area contributed by atoms with Crippen LogP contribution < -0.4 is 4.74 Å². The fourth-order valence-electron chi connectivity index (χ4n) is 0.773. The summed E-state index contributed by atoms with van der Waals surface area (Å²) < 4.78 is 5.14. The van der Waals surface area contributed by atoms with Crippen molar-refractivity contribution < 1.29 is 14.9 Å². The highest BCUT2D eigenvalue weighted by molar-refractivity contribution is 5.07. The molecular formula is C8H12N2O3. The standard InChI is InChI=1S/C8H12N2O3/c11-2-1-3-13-8-5-9-4-7(6-12)10-8/h4-5,11-12H,1-3,6H2. The molecule has 1 heterocycles. The van der Waals surface area contributed by atoms with Gasteiger partial charge in [-0.25, -0.2) is 4.98 Å². The zero-order valence-corrected chi connectivity index (χ0v) is 7.18. The lowest BCUT2D eigenvalue weighted by Crippen LogP contribution is -2.03. The van der Waals surface area contributed by atoms with E-state index in [4.69, 9.17) is 14.9 Å². The van der Waals surface area contributed by atoms with E-state index in [9.17, 15) is 0 Å². The molecule has 0 unspecified atom stereocenters. The lowest BCUT2D eigenvalue weighted by molar-refractivity contribution is 0.226. The van der Waals surface area contributed by atoms with Gasteiger partial charge in [-0.2, -0.15) is 0 Å². The Balaban J connectivity index is 2.46. The second kappa shape index (κ2) is 5.45. The van der Waals surface area contributed by atoms with Crippen LogP contribution in [-0.2, 0) is 6.61 Å². The van der Waals surface area contributed by atoms with Gasteiger partial charge < -0.3 is 14.9 Å². The fourth-order valence-corrected chi connectivity index (χ4v) is 0.773. The summed E-state index contributed by atoms with van der Waals surface area (Å²) in [6, 6.07) is 0. The van der Waals surface area contributed by atoms with Crippen LogP contribution in [0.1, 0.15) is 12.1 Å². The number of hydrogen-bond acceptors (Lipinski definition) is 5. The zero-order chi connectivity index (χ0) is 9.52. The number of aromatic nitrogens is 2. The Morgan fingerprint density at radius 1 is 1.31 bits per heavy atom. The van der Waals surface area contributed by atoms with Gasteiger partial charge in [0, 0.05) is 13.0 Å². The fraction of sp³-hybridized carbons (Fsp3) is 0.500. The predicted octanol–water partition coefficient (Wildman–Crippen LogP) is -0.270. The summed E-state index contributed by atoms with van der Waals surface area (Å²) in [5.41, 5.74) is 0.474. The predicted molar refractivity (Wildman–Crippen MR) is 45.2 cm³/mol. The van der Waals surface area contributed by atoms with Gasteiger partial charge in [-0.1, -0.05) is 0 Å². The van der Waals surface area contributed by atoms with Crippen LogP contribution in [0, 0.1) is 0 Å². The van der Waals surface area contributed by atoms with E-state index in [0.29, 0.717) is 24.6 Å². The monoisotopic (exact) mass is 184 g/mol. The maximum absolute atomic E-state index is 8.74. The molecule has 1 aromatic rings.